The second-order valence-electron chi connectivity index (χ2n) is 16.0. The van der Waals surface area contributed by atoms with Crippen molar-refractivity contribution < 1.29 is 36.9 Å². The van der Waals surface area contributed by atoms with Crippen LogP contribution < -0.4 is 47.7 Å². The largest absolute Gasteiger partial charge is 0.504 e. The number of phenolic OH excluding ortho intramolecular Hbond substituents is 2. The highest BCUT2D eigenvalue weighted by Gasteiger charge is 2.36. The Morgan fingerprint density at radius 3 is 1.86 bits per heavy atom. The predicted octanol–water partition coefficient (Wildman–Crippen LogP) is 5.01. The summed E-state index contributed by atoms with van der Waals surface area (Å²) in [6, 6.07) is 16.9. The Morgan fingerprint density at radius 1 is 0.738 bits per heavy atom. The number of anilines is 6. The lowest BCUT2D eigenvalue weighted by Gasteiger charge is -2.33. The Labute approximate surface area is 382 Å². The molecule has 7 N–H and O–H groups in total. The Kier molecular flexibility index (Phi) is 12.6. The highest BCUT2D eigenvalue weighted by atomic mass is 35.5. The SMILES string of the molecule is CN(C)S(=O)(=O)c1c(Cl)ccc(Nc2c(N[C@@H](c3cccc(CN(C)S(=O)(=O)c4c(Cl)ccc(Nc5c(N[C@@H]6CCOc7ccccc76)c(=O)c5=O)c4O)c3)C(C)(C)O)c(=O)c2=O)c1O. The Balaban J connectivity index is 1.12. The summed E-state index contributed by atoms with van der Waals surface area (Å²) in [6.45, 7) is 2.89. The molecule has 0 saturated heterocycles. The van der Waals surface area contributed by atoms with Gasteiger partial charge in [-0.2, -0.15) is 4.31 Å². The number of nitrogens with one attached hydrogen (secondary N) is 4. The Bertz CT molecular complexity index is 3250. The van der Waals surface area contributed by atoms with Crippen molar-refractivity contribution in [3.63, 3.8) is 0 Å². The normalized spacial score (nSPS) is 14.9. The van der Waals surface area contributed by atoms with Crippen LogP contribution in [0.2, 0.25) is 10.0 Å². The van der Waals surface area contributed by atoms with E-state index >= 15 is 0 Å². The number of ether oxygens (including phenoxy) is 1. The van der Waals surface area contributed by atoms with Crippen molar-refractivity contribution in [2.75, 3.05) is 49.0 Å². The minimum Gasteiger partial charge on any atom is -0.504 e. The van der Waals surface area contributed by atoms with Gasteiger partial charge in [-0.05, 0) is 55.3 Å². The maximum absolute atomic E-state index is 14.1. The minimum atomic E-state index is -4.61. The van der Waals surface area contributed by atoms with Crippen molar-refractivity contribution in [3.05, 3.63) is 140 Å². The van der Waals surface area contributed by atoms with Crippen LogP contribution in [0.25, 0.3) is 0 Å². The van der Waals surface area contributed by atoms with Gasteiger partial charge in [-0.3, -0.25) is 19.2 Å². The quantitative estimate of drug-likeness (QED) is 0.0497. The van der Waals surface area contributed by atoms with Gasteiger partial charge in [0.2, 0.25) is 20.0 Å². The number of para-hydroxylation sites is 1. The fourth-order valence-electron chi connectivity index (χ4n) is 7.38. The summed E-state index contributed by atoms with van der Waals surface area (Å²) in [7, 11) is -5.17. The number of fused-ring (bicyclic) bond motifs is 1. The molecule has 0 spiro atoms. The molecule has 18 nitrogen and oxygen atoms in total. The fourth-order valence-corrected chi connectivity index (χ4v) is 10.6. The van der Waals surface area contributed by atoms with Gasteiger partial charge in [0, 0.05) is 39.7 Å². The van der Waals surface area contributed by atoms with Gasteiger partial charge >= 0.3 is 0 Å². The smallest absolute Gasteiger partial charge is 0.253 e. The molecular weight excluding hydrogens is 928 g/mol. The molecule has 2 atom stereocenters. The molecule has 22 heteroatoms. The van der Waals surface area contributed by atoms with Gasteiger partial charge < -0.3 is 41.3 Å². The number of sulfonamides is 2. The zero-order valence-electron chi connectivity index (χ0n) is 35.2. The van der Waals surface area contributed by atoms with Crippen LogP contribution >= 0.6 is 23.2 Å². The molecule has 6 aromatic carbocycles. The summed E-state index contributed by atoms with van der Waals surface area (Å²) < 4.78 is 61.5. The van der Waals surface area contributed by atoms with Gasteiger partial charge in [0.15, 0.2) is 11.5 Å². The fraction of sp³-hybridized carbons (Fsp3) is 0.256. The van der Waals surface area contributed by atoms with E-state index in [-0.39, 0.29) is 56.8 Å². The number of hydrogen-bond donors (Lipinski definition) is 7. The molecule has 6 aromatic rings. The van der Waals surface area contributed by atoms with Crippen molar-refractivity contribution in [2.24, 2.45) is 0 Å². The molecule has 65 heavy (non-hydrogen) atoms. The summed E-state index contributed by atoms with van der Waals surface area (Å²) in [6.07, 6.45) is 0.484. The van der Waals surface area contributed by atoms with E-state index in [0.29, 0.717) is 29.9 Å². The van der Waals surface area contributed by atoms with Crippen molar-refractivity contribution in [3.8, 4) is 17.2 Å². The summed E-state index contributed by atoms with van der Waals surface area (Å²) in [4.78, 5) is 50.0. The average Bonchev–Trinajstić information content (AvgIpc) is 3.25. The molecule has 0 bridgehead atoms. The first-order valence-corrected chi connectivity index (χ1v) is 23.3. The maximum Gasteiger partial charge on any atom is 0.253 e. The van der Waals surface area contributed by atoms with Crippen LogP contribution in [0.15, 0.2) is 102 Å². The van der Waals surface area contributed by atoms with E-state index < -0.39 is 74.7 Å². The summed E-state index contributed by atoms with van der Waals surface area (Å²) in [5.41, 5.74) is -5.17. The summed E-state index contributed by atoms with van der Waals surface area (Å²) in [5.74, 6) is -1.01. The molecule has 342 valence electrons. The second-order valence-corrected chi connectivity index (χ2v) is 20.9. The van der Waals surface area contributed by atoms with E-state index in [1.54, 1.807) is 36.4 Å². The average molecular weight is 970 g/mol. The van der Waals surface area contributed by atoms with Gasteiger partial charge in [-0.15, -0.1) is 0 Å². The lowest BCUT2D eigenvalue weighted by atomic mass is 9.90. The molecular formula is C43H42Cl2N6O12S2. The summed E-state index contributed by atoms with van der Waals surface area (Å²) >= 11 is 12.5. The van der Waals surface area contributed by atoms with Gasteiger partial charge in [-0.1, -0.05) is 65.7 Å². The molecule has 1 aliphatic heterocycles. The number of benzene rings is 4. The van der Waals surface area contributed by atoms with E-state index in [1.165, 1.54) is 59.3 Å². The third-order valence-corrected chi connectivity index (χ3v) is 15.5. The molecule has 0 aliphatic carbocycles. The van der Waals surface area contributed by atoms with Gasteiger partial charge in [0.05, 0.1) is 45.7 Å². The van der Waals surface area contributed by atoms with E-state index in [9.17, 15) is 51.3 Å². The molecule has 0 amide bonds. The van der Waals surface area contributed by atoms with Gasteiger partial charge in [0.1, 0.15) is 38.3 Å². The molecule has 7 rings (SSSR count). The van der Waals surface area contributed by atoms with Crippen LogP contribution in [-0.4, -0.2) is 74.1 Å². The Morgan fingerprint density at radius 2 is 1.28 bits per heavy atom. The highest BCUT2D eigenvalue weighted by molar-refractivity contribution is 7.89. The van der Waals surface area contributed by atoms with E-state index in [0.717, 1.165) is 14.2 Å². The predicted molar refractivity (Wildman–Crippen MR) is 247 cm³/mol. The molecule has 0 aromatic heterocycles. The lowest BCUT2D eigenvalue weighted by Crippen LogP contribution is -2.42. The van der Waals surface area contributed by atoms with Crippen LogP contribution in [0.1, 0.15) is 49.0 Å². The van der Waals surface area contributed by atoms with Gasteiger partial charge in [-0.25, -0.2) is 21.1 Å². The van der Waals surface area contributed by atoms with Crippen LogP contribution in [0, 0.1) is 0 Å². The van der Waals surface area contributed by atoms with Crippen molar-refractivity contribution >= 4 is 77.4 Å². The van der Waals surface area contributed by atoms with Crippen molar-refractivity contribution in [2.45, 2.75) is 54.3 Å². The van der Waals surface area contributed by atoms with Gasteiger partial charge in [0.25, 0.3) is 21.7 Å². The molecule has 0 unspecified atom stereocenters. The third-order valence-electron chi connectivity index (χ3n) is 10.9. The molecule has 1 aliphatic rings. The number of halogens is 2. The zero-order valence-corrected chi connectivity index (χ0v) is 38.3. The Hall–Kier alpha value is -6.00. The third kappa shape index (κ3) is 8.65. The van der Waals surface area contributed by atoms with Crippen molar-refractivity contribution in [1.29, 1.82) is 0 Å². The zero-order chi connectivity index (χ0) is 47.5. The minimum absolute atomic E-state index is 0.0453. The number of hydrogen-bond acceptors (Lipinski definition) is 16. The topological polar surface area (TPSA) is 261 Å². The van der Waals surface area contributed by atoms with E-state index in [2.05, 4.69) is 21.3 Å². The lowest BCUT2D eigenvalue weighted by molar-refractivity contribution is 0.0588. The second kappa shape index (κ2) is 17.4. The van der Waals surface area contributed by atoms with Crippen molar-refractivity contribution in [1.82, 2.24) is 8.61 Å². The number of rotatable bonds is 16. The van der Waals surface area contributed by atoms with Crippen LogP contribution in [0.3, 0.4) is 0 Å². The van der Waals surface area contributed by atoms with Crippen LogP contribution in [0.5, 0.6) is 17.2 Å². The molecule has 1 heterocycles. The van der Waals surface area contributed by atoms with Crippen LogP contribution in [0.4, 0.5) is 34.1 Å². The number of aliphatic hydroxyl groups is 1. The van der Waals surface area contributed by atoms with Crippen LogP contribution in [-0.2, 0) is 26.6 Å². The number of nitrogens with zero attached hydrogens (tertiary/aromatic N) is 2. The standard InChI is InChI=1S/C43H42Cl2N6O12S2/c1-43(2,58)42(49-33-32(38(56)39(33)57)48-27-15-13-24(44)40(34(27)52)64(59,60)50(3)4)22-10-8-9-21(19-22)20-51(5)65(61,62)41-25(45)14-16-28(35(41)53)47-31-30(36(54)37(31)55)46-26-17-18-63-29-12-7-6-11-23(26)29/h6-16,19,26,42,46-49,52-53,58H,17-18,20H2,1-5H3/t26-,42+/m1/s1. The summed E-state index contributed by atoms with van der Waals surface area (Å²) in [5, 5.41) is 44.3. The number of phenols is 2. The van der Waals surface area contributed by atoms with E-state index in [4.69, 9.17) is 27.9 Å². The first-order chi connectivity index (χ1) is 30.4. The first-order valence-electron chi connectivity index (χ1n) is 19.6. The molecule has 0 fully saturated rings. The highest BCUT2D eigenvalue weighted by Crippen LogP contribution is 2.43. The number of aromatic hydroxyl groups is 2. The first kappa shape index (κ1) is 47.0. The van der Waals surface area contributed by atoms with E-state index in [1.807, 2.05) is 12.1 Å². The molecule has 0 saturated carbocycles. The monoisotopic (exact) mass is 968 g/mol. The molecule has 0 radical (unpaired) electrons. The maximum atomic E-state index is 14.1.